The molecule has 140 valence electrons. The van der Waals surface area contributed by atoms with E-state index >= 15 is 0 Å². The van der Waals surface area contributed by atoms with Gasteiger partial charge in [0.15, 0.2) is 5.82 Å². The van der Waals surface area contributed by atoms with Crippen LogP contribution in [0.1, 0.15) is 38.2 Å². The van der Waals surface area contributed by atoms with Gasteiger partial charge in [-0.25, -0.2) is 9.50 Å². The second-order valence-corrected chi connectivity index (χ2v) is 7.51. The van der Waals surface area contributed by atoms with Crippen LogP contribution < -0.4 is 4.90 Å². The number of aliphatic carboxylic acids is 1. The minimum Gasteiger partial charge on any atom is -0.481 e. The predicted octanol–water partition coefficient (Wildman–Crippen LogP) is 3.82. The number of benzene rings is 1. The van der Waals surface area contributed by atoms with E-state index in [1.54, 1.807) is 6.20 Å². The van der Waals surface area contributed by atoms with Crippen molar-refractivity contribution in [1.29, 1.82) is 0 Å². The average molecular weight is 364 g/mol. The number of hydrogen-bond acceptors (Lipinski definition) is 4. The van der Waals surface area contributed by atoms with Gasteiger partial charge in [0.2, 0.25) is 0 Å². The Morgan fingerprint density at radius 2 is 2.04 bits per heavy atom. The van der Waals surface area contributed by atoms with Crippen LogP contribution in [-0.2, 0) is 4.79 Å². The van der Waals surface area contributed by atoms with Crippen molar-refractivity contribution >= 4 is 17.3 Å². The second-order valence-electron chi connectivity index (χ2n) is 7.51. The molecular weight excluding hydrogens is 340 g/mol. The van der Waals surface area contributed by atoms with E-state index in [0.29, 0.717) is 12.5 Å². The Morgan fingerprint density at radius 3 is 2.74 bits per heavy atom. The first-order valence-corrected chi connectivity index (χ1v) is 9.45. The van der Waals surface area contributed by atoms with Gasteiger partial charge >= 0.3 is 5.97 Å². The zero-order valence-corrected chi connectivity index (χ0v) is 15.7. The molecule has 1 saturated heterocycles. The van der Waals surface area contributed by atoms with Gasteiger partial charge in [-0.15, -0.1) is 0 Å². The second kappa shape index (κ2) is 7.02. The molecule has 6 nitrogen and oxygen atoms in total. The average Bonchev–Trinajstić information content (AvgIpc) is 3.12. The molecule has 0 radical (unpaired) electrons. The third-order valence-electron chi connectivity index (χ3n) is 5.31. The highest BCUT2D eigenvalue weighted by Gasteiger charge is 2.27. The van der Waals surface area contributed by atoms with Gasteiger partial charge in [0, 0.05) is 31.0 Å². The van der Waals surface area contributed by atoms with Crippen LogP contribution in [0.5, 0.6) is 0 Å². The van der Waals surface area contributed by atoms with Crippen LogP contribution >= 0.6 is 0 Å². The monoisotopic (exact) mass is 364 g/mol. The molecule has 1 fully saturated rings. The summed E-state index contributed by atoms with van der Waals surface area (Å²) in [6, 6.07) is 10.5. The van der Waals surface area contributed by atoms with Crippen LogP contribution in [0.3, 0.4) is 0 Å². The van der Waals surface area contributed by atoms with Gasteiger partial charge in [-0.3, -0.25) is 4.79 Å². The molecule has 0 aliphatic carbocycles. The standard InChI is InChI=1S/C21H24N4O2/c1-14(2)15-5-7-16(8-6-15)18-12-19-20(22-9-11-25(19)23-18)24-10-3-4-17(13-24)21(26)27/h5-9,11-12,14,17H,3-4,10,13H2,1-2H3,(H,26,27). The summed E-state index contributed by atoms with van der Waals surface area (Å²) in [5.74, 6) is 0.232. The lowest BCUT2D eigenvalue weighted by Crippen LogP contribution is -2.39. The lowest BCUT2D eigenvalue weighted by molar-refractivity contribution is -0.141. The Bertz CT molecular complexity index is 962. The molecule has 1 N–H and O–H groups in total. The molecule has 0 bridgehead atoms. The third kappa shape index (κ3) is 3.39. The van der Waals surface area contributed by atoms with E-state index in [-0.39, 0.29) is 5.92 Å². The maximum atomic E-state index is 11.4. The Labute approximate surface area is 158 Å². The van der Waals surface area contributed by atoms with Gasteiger partial charge in [-0.05, 0) is 30.4 Å². The molecule has 0 spiro atoms. The summed E-state index contributed by atoms with van der Waals surface area (Å²) >= 11 is 0. The van der Waals surface area contributed by atoms with Gasteiger partial charge in [-0.2, -0.15) is 5.10 Å². The lowest BCUT2D eigenvalue weighted by Gasteiger charge is -2.31. The summed E-state index contributed by atoms with van der Waals surface area (Å²) in [7, 11) is 0. The fraction of sp³-hybridized carbons (Fsp3) is 0.381. The van der Waals surface area contributed by atoms with E-state index in [1.807, 2.05) is 16.8 Å². The number of carbonyl (C=O) groups is 1. The highest BCUT2D eigenvalue weighted by Crippen LogP contribution is 2.29. The largest absolute Gasteiger partial charge is 0.481 e. The van der Waals surface area contributed by atoms with Crippen LogP contribution in [0.4, 0.5) is 5.82 Å². The minimum atomic E-state index is -0.730. The summed E-state index contributed by atoms with van der Waals surface area (Å²) < 4.78 is 1.83. The van der Waals surface area contributed by atoms with E-state index in [4.69, 9.17) is 5.10 Å². The Kier molecular flexibility index (Phi) is 4.56. The molecular formula is C21H24N4O2. The number of aromatic nitrogens is 3. The number of anilines is 1. The molecule has 3 aromatic rings. The van der Waals surface area contributed by atoms with Crippen LogP contribution in [-0.4, -0.2) is 38.8 Å². The molecule has 0 amide bonds. The molecule has 1 aliphatic heterocycles. The number of fused-ring (bicyclic) bond motifs is 1. The summed E-state index contributed by atoms with van der Waals surface area (Å²) in [4.78, 5) is 18.0. The molecule has 1 atom stereocenters. The zero-order chi connectivity index (χ0) is 19.0. The summed E-state index contributed by atoms with van der Waals surface area (Å²) in [5, 5.41) is 14.1. The Morgan fingerprint density at radius 1 is 1.26 bits per heavy atom. The van der Waals surface area contributed by atoms with Gasteiger partial charge in [0.05, 0.1) is 11.6 Å². The van der Waals surface area contributed by atoms with Crippen molar-refractivity contribution in [2.24, 2.45) is 5.92 Å². The van der Waals surface area contributed by atoms with Gasteiger partial charge in [0.25, 0.3) is 0 Å². The van der Waals surface area contributed by atoms with Crippen molar-refractivity contribution in [2.75, 3.05) is 18.0 Å². The van der Waals surface area contributed by atoms with Crippen LogP contribution in [0, 0.1) is 5.92 Å². The summed E-state index contributed by atoms with van der Waals surface area (Å²) in [6.07, 6.45) is 5.15. The third-order valence-corrected chi connectivity index (χ3v) is 5.31. The smallest absolute Gasteiger partial charge is 0.308 e. The summed E-state index contributed by atoms with van der Waals surface area (Å²) in [5.41, 5.74) is 4.17. The minimum absolute atomic E-state index is 0.341. The number of carboxylic acids is 1. The van der Waals surface area contributed by atoms with E-state index in [9.17, 15) is 9.90 Å². The number of nitrogens with zero attached hydrogens (tertiary/aromatic N) is 4. The molecule has 1 aliphatic rings. The fourth-order valence-corrected chi connectivity index (χ4v) is 3.70. The van der Waals surface area contributed by atoms with E-state index < -0.39 is 5.97 Å². The van der Waals surface area contributed by atoms with E-state index in [1.165, 1.54) is 5.56 Å². The number of rotatable bonds is 4. The number of piperidine rings is 1. The first kappa shape index (κ1) is 17.5. The normalized spacial score (nSPS) is 17.6. The first-order chi connectivity index (χ1) is 13.0. The highest BCUT2D eigenvalue weighted by atomic mass is 16.4. The predicted molar refractivity (Wildman–Crippen MR) is 105 cm³/mol. The SMILES string of the molecule is CC(C)c1ccc(-c2cc3c(N4CCCC(C(=O)O)C4)nccn3n2)cc1. The molecule has 3 heterocycles. The van der Waals surface area contributed by atoms with E-state index in [2.05, 4.69) is 48.0 Å². The summed E-state index contributed by atoms with van der Waals surface area (Å²) in [6.45, 7) is 5.67. The van der Waals surface area contributed by atoms with Crippen molar-refractivity contribution < 1.29 is 9.90 Å². The highest BCUT2D eigenvalue weighted by molar-refractivity contribution is 5.77. The number of carboxylic acid groups (broad SMARTS) is 1. The molecule has 0 saturated carbocycles. The van der Waals surface area contributed by atoms with Crippen molar-refractivity contribution in [3.05, 3.63) is 48.3 Å². The maximum absolute atomic E-state index is 11.4. The first-order valence-electron chi connectivity index (χ1n) is 9.45. The van der Waals surface area contributed by atoms with Gasteiger partial charge in [-0.1, -0.05) is 38.1 Å². The molecule has 4 rings (SSSR count). The molecule has 1 unspecified atom stereocenters. The molecule has 6 heteroatoms. The molecule has 1 aromatic carbocycles. The van der Waals surface area contributed by atoms with Crippen LogP contribution in [0.25, 0.3) is 16.8 Å². The Balaban J connectivity index is 1.69. The molecule has 27 heavy (non-hydrogen) atoms. The van der Waals surface area contributed by atoms with Crippen molar-refractivity contribution in [2.45, 2.75) is 32.6 Å². The van der Waals surface area contributed by atoms with Crippen LogP contribution in [0.2, 0.25) is 0 Å². The number of hydrogen-bond donors (Lipinski definition) is 1. The van der Waals surface area contributed by atoms with Crippen molar-refractivity contribution in [3.8, 4) is 11.3 Å². The van der Waals surface area contributed by atoms with Crippen molar-refractivity contribution in [1.82, 2.24) is 14.6 Å². The van der Waals surface area contributed by atoms with E-state index in [0.717, 1.165) is 42.0 Å². The molecule has 2 aromatic heterocycles. The van der Waals surface area contributed by atoms with Crippen LogP contribution in [0.15, 0.2) is 42.7 Å². The van der Waals surface area contributed by atoms with Gasteiger partial charge in [0.1, 0.15) is 5.52 Å². The topological polar surface area (TPSA) is 70.7 Å². The maximum Gasteiger partial charge on any atom is 0.308 e. The zero-order valence-electron chi connectivity index (χ0n) is 15.7. The lowest BCUT2D eigenvalue weighted by atomic mass is 9.98. The fourth-order valence-electron chi connectivity index (χ4n) is 3.70. The Hall–Kier alpha value is -2.89. The quantitative estimate of drug-likeness (QED) is 0.762. The van der Waals surface area contributed by atoms with Crippen molar-refractivity contribution in [3.63, 3.8) is 0 Å². The van der Waals surface area contributed by atoms with Gasteiger partial charge < -0.3 is 10.0 Å².